The summed E-state index contributed by atoms with van der Waals surface area (Å²) >= 11 is 0. The molecule has 0 atom stereocenters. The van der Waals surface area contributed by atoms with E-state index in [2.05, 4.69) is 37.1 Å². The first kappa shape index (κ1) is 13.4. The van der Waals surface area contributed by atoms with Gasteiger partial charge in [0.05, 0.1) is 5.69 Å². The molecule has 0 unspecified atom stereocenters. The first-order valence-electron chi connectivity index (χ1n) is 7.02. The maximum Gasteiger partial charge on any atom is 0.132 e. The predicted molar refractivity (Wildman–Crippen MR) is 83.8 cm³/mol. The van der Waals surface area contributed by atoms with Crippen molar-refractivity contribution in [1.82, 2.24) is 9.78 Å². The Morgan fingerprint density at radius 2 is 1.81 bits per heavy atom. The van der Waals surface area contributed by atoms with Gasteiger partial charge in [-0.05, 0) is 49.2 Å². The molecule has 1 heterocycles. The van der Waals surface area contributed by atoms with Crippen molar-refractivity contribution >= 4 is 0 Å². The van der Waals surface area contributed by atoms with Crippen LogP contribution in [0.4, 0.5) is 0 Å². The molecular formula is C18H18N2O. The van der Waals surface area contributed by atoms with E-state index < -0.39 is 0 Å². The number of para-hydroxylation sites is 1. The maximum atomic E-state index is 5.88. The normalized spacial score (nSPS) is 10.6. The molecule has 0 radical (unpaired) electrons. The highest BCUT2D eigenvalue weighted by Crippen LogP contribution is 2.20. The number of rotatable bonds is 4. The lowest BCUT2D eigenvalue weighted by molar-refractivity contribution is 0.298. The van der Waals surface area contributed by atoms with E-state index in [-0.39, 0.29) is 0 Å². The summed E-state index contributed by atoms with van der Waals surface area (Å²) in [6.07, 6.45) is 1.96. The maximum absolute atomic E-state index is 5.88. The average Bonchev–Trinajstić information content (AvgIpc) is 2.98. The molecule has 3 nitrogen and oxygen atoms in total. The minimum Gasteiger partial charge on any atom is -0.487 e. The highest BCUT2D eigenvalue weighted by Gasteiger charge is 2.04. The summed E-state index contributed by atoms with van der Waals surface area (Å²) in [4.78, 5) is 0. The van der Waals surface area contributed by atoms with Crippen LogP contribution in [0.15, 0.2) is 60.8 Å². The zero-order valence-electron chi connectivity index (χ0n) is 12.3. The van der Waals surface area contributed by atoms with Gasteiger partial charge in [0.25, 0.3) is 0 Å². The Hall–Kier alpha value is -2.55. The van der Waals surface area contributed by atoms with Gasteiger partial charge in [0.1, 0.15) is 18.1 Å². The number of ether oxygens (including phenoxy) is 1. The van der Waals surface area contributed by atoms with Gasteiger partial charge in [-0.3, -0.25) is 0 Å². The van der Waals surface area contributed by atoms with E-state index in [9.17, 15) is 0 Å². The molecule has 3 rings (SSSR count). The molecule has 0 aliphatic heterocycles. The second kappa shape index (κ2) is 5.83. The minimum atomic E-state index is 0.476. The van der Waals surface area contributed by atoms with E-state index in [1.165, 1.54) is 5.56 Å². The average molecular weight is 278 g/mol. The zero-order chi connectivity index (χ0) is 14.7. The monoisotopic (exact) mass is 278 g/mol. The Morgan fingerprint density at radius 1 is 1.00 bits per heavy atom. The fraction of sp³-hybridized carbons (Fsp3) is 0.167. The summed E-state index contributed by atoms with van der Waals surface area (Å²) in [7, 11) is 0. The number of nitrogens with zero attached hydrogens (tertiary/aromatic N) is 2. The minimum absolute atomic E-state index is 0.476. The van der Waals surface area contributed by atoms with Gasteiger partial charge >= 0.3 is 0 Å². The molecule has 0 N–H and O–H groups in total. The van der Waals surface area contributed by atoms with Gasteiger partial charge in [0, 0.05) is 6.20 Å². The third-order valence-electron chi connectivity index (χ3n) is 3.38. The molecule has 0 bridgehead atoms. The van der Waals surface area contributed by atoms with Gasteiger partial charge in [0.15, 0.2) is 0 Å². The summed E-state index contributed by atoms with van der Waals surface area (Å²) in [6, 6.07) is 18.3. The van der Waals surface area contributed by atoms with Crippen molar-refractivity contribution in [3.63, 3.8) is 0 Å². The molecule has 0 fully saturated rings. The van der Waals surface area contributed by atoms with Crippen LogP contribution < -0.4 is 4.74 Å². The molecule has 3 heteroatoms. The van der Waals surface area contributed by atoms with Crippen molar-refractivity contribution in [1.29, 1.82) is 0 Å². The Balaban J connectivity index is 1.72. The van der Waals surface area contributed by atoms with Crippen molar-refractivity contribution < 1.29 is 4.74 Å². The number of aromatic nitrogens is 2. The molecule has 3 aromatic rings. The van der Waals surface area contributed by atoms with E-state index in [0.29, 0.717) is 6.61 Å². The summed E-state index contributed by atoms with van der Waals surface area (Å²) in [5, 5.41) is 4.54. The first-order chi connectivity index (χ1) is 10.2. The van der Waals surface area contributed by atoms with Crippen molar-refractivity contribution in [2.75, 3.05) is 0 Å². The Kier molecular flexibility index (Phi) is 3.73. The molecule has 0 aliphatic carbocycles. The van der Waals surface area contributed by atoms with E-state index >= 15 is 0 Å². The molecule has 0 saturated carbocycles. The third-order valence-corrected chi connectivity index (χ3v) is 3.38. The highest BCUT2D eigenvalue weighted by atomic mass is 16.5. The quantitative estimate of drug-likeness (QED) is 0.719. The molecule has 0 spiro atoms. The van der Waals surface area contributed by atoms with Crippen LogP contribution in [0.2, 0.25) is 0 Å². The number of hydrogen-bond acceptors (Lipinski definition) is 2. The molecule has 0 aliphatic rings. The standard InChI is InChI=1S/C18H18N2O/c1-14-8-9-15(2)18(12-14)21-13-16-10-11-20(19-16)17-6-4-3-5-7-17/h3-12H,13H2,1-2H3. The number of benzene rings is 2. The van der Waals surface area contributed by atoms with Crippen LogP contribution in [0.25, 0.3) is 5.69 Å². The molecule has 0 saturated heterocycles. The fourth-order valence-corrected chi connectivity index (χ4v) is 2.18. The van der Waals surface area contributed by atoms with E-state index in [1.807, 2.05) is 47.3 Å². The Bertz CT molecular complexity index is 732. The second-order valence-electron chi connectivity index (χ2n) is 5.14. The second-order valence-corrected chi connectivity index (χ2v) is 5.14. The van der Waals surface area contributed by atoms with Crippen LogP contribution in [-0.2, 0) is 6.61 Å². The van der Waals surface area contributed by atoms with Gasteiger partial charge in [-0.25, -0.2) is 4.68 Å². The Labute approximate surface area is 124 Å². The summed E-state index contributed by atoms with van der Waals surface area (Å²) in [5.74, 6) is 0.921. The van der Waals surface area contributed by atoms with Crippen molar-refractivity contribution in [2.45, 2.75) is 20.5 Å². The third kappa shape index (κ3) is 3.14. The van der Waals surface area contributed by atoms with Crippen LogP contribution in [0.1, 0.15) is 16.8 Å². The van der Waals surface area contributed by atoms with Gasteiger partial charge in [0.2, 0.25) is 0 Å². The Morgan fingerprint density at radius 3 is 2.62 bits per heavy atom. The highest BCUT2D eigenvalue weighted by molar-refractivity contribution is 5.36. The van der Waals surface area contributed by atoms with Gasteiger partial charge in [-0.15, -0.1) is 0 Å². The molecule has 106 valence electrons. The lowest BCUT2D eigenvalue weighted by atomic mass is 10.1. The zero-order valence-corrected chi connectivity index (χ0v) is 12.3. The van der Waals surface area contributed by atoms with E-state index in [1.54, 1.807) is 0 Å². The van der Waals surface area contributed by atoms with E-state index in [4.69, 9.17) is 4.74 Å². The van der Waals surface area contributed by atoms with Crippen molar-refractivity contribution in [2.24, 2.45) is 0 Å². The summed E-state index contributed by atoms with van der Waals surface area (Å²) in [5.41, 5.74) is 4.31. The van der Waals surface area contributed by atoms with Crippen LogP contribution >= 0.6 is 0 Å². The molecular weight excluding hydrogens is 260 g/mol. The predicted octanol–water partition coefficient (Wildman–Crippen LogP) is 4.07. The van der Waals surface area contributed by atoms with Crippen LogP contribution in [0.3, 0.4) is 0 Å². The van der Waals surface area contributed by atoms with Gasteiger partial charge in [-0.2, -0.15) is 5.10 Å². The largest absolute Gasteiger partial charge is 0.487 e. The van der Waals surface area contributed by atoms with Crippen LogP contribution in [0, 0.1) is 13.8 Å². The van der Waals surface area contributed by atoms with Gasteiger partial charge < -0.3 is 4.74 Å². The fourth-order valence-electron chi connectivity index (χ4n) is 2.18. The number of hydrogen-bond donors (Lipinski definition) is 0. The summed E-state index contributed by atoms with van der Waals surface area (Å²) in [6.45, 7) is 4.60. The van der Waals surface area contributed by atoms with Gasteiger partial charge in [-0.1, -0.05) is 30.3 Å². The smallest absolute Gasteiger partial charge is 0.132 e. The van der Waals surface area contributed by atoms with E-state index in [0.717, 1.165) is 22.7 Å². The number of aryl methyl sites for hydroxylation is 2. The van der Waals surface area contributed by atoms with Crippen LogP contribution in [-0.4, -0.2) is 9.78 Å². The van der Waals surface area contributed by atoms with Crippen molar-refractivity contribution in [3.8, 4) is 11.4 Å². The molecule has 2 aromatic carbocycles. The molecule has 0 amide bonds. The molecule has 1 aromatic heterocycles. The first-order valence-corrected chi connectivity index (χ1v) is 7.02. The lowest BCUT2D eigenvalue weighted by Gasteiger charge is -2.08. The summed E-state index contributed by atoms with van der Waals surface area (Å²) < 4.78 is 7.74. The van der Waals surface area contributed by atoms with Crippen molar-refractivity contribution in [3.05, 3.63) is 77.6 Å². The van der Waals surface area contributed by atoms with Crippen LogP contribution in [0.5, 0.6) is 5.75 Å². The topological polar surface area (TPSA) is 27.1 Å². The SMILES string of the molecule is Cc1ccc(C)c(OCc2ccn(-c3ccccc3)n2)c1. The molecule has 21 heavy (non-hydrogen) atoms. The lowest BCUT2D eigenvalue weighted by Crippen LogP contribution is -2.00.